The zero-order valence-electron chi connectivity index (χ0n) is 9.07. The summed E-state index contributed by atoms with van der Waals surface area (Å²) < 4.78 is 4.78. The summed E-state index contributed by atoms with van der Waals surface area (Å²) in [7, 11) is 0. The molecule has 4 heteroatoms. The maximum Gasteiger partial charge on any atom is 0.311 e. The molecular formula is C11H17NO3. The van der Waals surface area contributed by atoms with Crippen molar-refractivity contribution in [3.8, 4) is 0 Å². The number of nitrogens with zero attached hydrogens (tertiary/aromatic N) is 1. The van der Waals surface area contributed by atoms with E-state index in [4.69, 9.17) is 4.74 Å². The van der Waals surface area contributed by atoms with Gasteiger partial charge in [-0.15, -0.1) is 6.58 Å². The third-order valence-corrected chi connectivity index (χ3v) is 2.03. The highest BCUT2D eigenvalue weighted by atomic mass is 16.5. The molecule has 0 amide bonds. The highest BCUT2D eigenvalue weighted by molar-refractivity contribution is 5.72. The van der Waals surface area contributed by atoms with Gasteiger partial charge < -0.3 is 4.74 Å². The van der Waals surface area contributed by atoms with Crippen LogP contribution in [0.4, 0.5) is 0 Å². The Hall–Kier alpha value is -1.41. The van der Waals surface area contributed by atoms with Gasteiger partial charge in [0, 0.05) is 0 Å². The Bertz CT molecular complexity index is 244. The topological polar surface area (TPSA) is 55.7 Å². The molecule has 4 nitrogen and oxygen atoms in total. The Labute approximate surface area is 90.0 Å². The molecule has 84 valence electrons. The molecule has 0 aliphatic carbocycles. The van der Waals surface area contributed by atoms with E-state index in [9.17, 15) is 9.59 Å². The number of unbranched alkanes of at least 4 members (excludes halogenated alkanes) is 1. The lowest BCUT2D eigenvalue weighted by atomic mass is 9.99. The minimum absolute atomic E-state index is 0.163. The van der Waals surface area contributed by atoms with Crippen LogP contribution in [0, 0.1) is 5.92 Å². The second kappa shape index (κ2) is 9.16. The van der Waals surface area contributed by atoms with Crippen molar-refractivity contribution >= 4 is 12.0 Å². The molecule has 0 rings (SSSR count). The van der Waals surface area contributed by atoms with Crippen molar-refractivity contribution in [1.82, 2.24) is 0 Å². The number of rotatable bonds is 8. The van der Waals surface area contributed by atoms with Crippen molar-refractivity contribution in [3.63, 3.8) is 0 Å². The lowest BCUT2D eigenvalue weighted by Gasteiger charge is -2.12. The summed E-state index contributed by atoms with van der Waals surface area (Å²) in [6.45, 7) is 5.42. The number of carbonyl (C=O) groups is 1. The zero-order chi connectivity index (χ0) is 11.5. The highest BCUT2D eigenvalue weighted by Crippen LogP contribution is 2.15. The summed E-state index contributed by atoms with van der Waals surface area (Å²) in [5, 5.41) is 0. The maximum atomic E-state index is 11.5. The van der Waals surface area contributed by atoms with Crippen LogP contribution in [0.25, 0.3) is 0 Å². The first-order valence-corrected chi connectivity index (χ1v) is 5.07. The first kappa shape index (κ1) is 13.6. The average Bonchev–Trinajstić information content (AvgIpc) is 2.24. The van der Waals surface area contributed by atoms with E-state index in [0.29, 0.717) is 6.42 Å². The number of carbonyl (C=O) groups excluding carboxylic acids is 2. The molecule has 0 spiro atoms. The van der Waals surface area contributed by atoms with E-state index in [2.05, 4.69) is 18.5 Å². The maximum absolute atomic E-state index is 11.5. The van der Waals surface area contributed by atoms with E-state index in [0.717, 1.165) is 19.3 Å². The predicted octanol–water partition coefficient (Wildman–Crippen LogP) is 2.21. The van der Waals surface area contributed by atoms with Crippen LogP contribution >= 0.6 is 0 Å². The van der Waals surface area contributed by atoms with E-state index in [-0.39, 0.29) is 18.6 Å². The third-order valence-electron chi connectivity index (χ3n) is 2.03. The van der Waals surface area contributed by atoms with Crippen LogP contribution in [0.15, 0.2) is 17.6 Å². The number of hydrogen-bond donors (Lipinski definition) is 0. The van der Waals surface area contributed by atoms with Crippen LogP contribution in [0.1, 0.15) is 32.6 Å². The molecule has 0 aromatic rings. The first-order valence-electron chi connectivity index (χ1n) is 5.07. The van der Waals surface area contributed by atoms with Crippen LogP contribution in [0.2, 0.25) is 0 Å². The smallest absolute Gasteiger partial charge is 0.311 e. The highest BCUT2D eigenvalue weighted by Gasteiger charge is 2.17. The standard InChI is InChI=1S/C11H17NO3/c1-3-5-7-10(6-4-2)11(14)15-9-12-8-13/h4,10H,2-3,5-7,9H2,1H3. The van der Waals surface area contributed by atoms with Crippen LogP contribution in [0.3, 0.4) is 0 Å². The van der Waals surface area contributed by atoms with Gasteiger partial charge in [0.05, 0.1) is 5.92 Å². The van der Waals surface area contributed by atoms with Crippen molar-refractivity contribution in [1.29, 1.82) is 0 Å². The Morgan fingerprint density at radius 1 is 1.67 bits per heavy atom. The van der Waals surface area contributed by atoms with Gasteiger partial charge in [-0.3, -0.25) is 4.79 Å². The molecule has 0 saturated heterocycles. The van der Waals surface area contributed by atoms with E-state index < -0.39 is 0 Å². The molecule has 0 aromatic carbocycles. The van der Waals surface area contributed by atoms with Crippen molar-refractivity contribution < 1.29 is 14.3 Å². The lowest BCUT2D eigenvalue weighted by Crippen LogP contribution is -2.17. The number of hydrogen-bond acceptors (Lipinski definition) is 4. The molecule has 0 aliphatic rings. The van der Waals surface area contributed by atoms with Crippen molar-refractivity contribution in [2.75, 3.05) is 6.73 Å². The van der Waals surface area contributed by atoms with Crippen molar-refractivity contribution in [3.05, 3.63) is 12.7 Å². The van der Waals surface area contributed by atoms with Crippen molar-refractivity contribution in [2.45, 2.75) is 32.6 Å². The molecule has 0 aliphatic heterocycles. The van der Waals surface area contributed by atoms with Gasteiger partial charge in [0.1, 0.15) is 0 Å². The molecule has 0 saturated carbocycles. The summed E-state index contributed by atoms with van der Waals surface area (Å²) >= 11 is 0. The predicted molar refractivity (Wildman–Crippen MR) is 56.9 cm³/mol. The fourth-order valence-electron chi connectivity index (χ4n) is 1.22. The molecule has 0 heterocycles. The lowest BCUT2D eigenvalue weighted by molar-refractivity contribution is -0.148. The SMILES string of the molecule is C=CCC(CCCC)C(=O)OCN=C=O. The summed E-state index contributed by atoms with van der Waals surface area (Å²) in [6.07, 6.45) is 6.41. The number of aliphatic imine (C=N–C) groups is 1. The van der Waals surface area contributed by atoms with Gasteiger partial charge in [-0.2, -0.15) is 4.99 Å². The quantitative estimate of drug-likeness (QED) is 0.268. The van der Waals surface area contributed by atoms with Crippen molar-refractivity contribution in [2.24, 2.45) is 10.9 Å². The normalized spacial score (nSPS) is 11.3. The van der Waals surface area contributed by atoms with Crippen LogP contribution in [-0.4, -0.2) is 18.8 Å². The number of allylic oxidation sites excluding steroid dienone is 1. The van der Waals surface area contributed by atoms with E-state index in [1.165, 1.54) is 6.08 Å². The second-order valence-electron chi connectivity index (χ2n) is 3.21. The van der Waals surface area contributed by atoms with Gasteiger partial charge in [0.2, 0.25) is 6.08 Å². The molecular weight excluding hydrogens is 194 g/mol. The average molecular weight is 211 g/mol. The summed E-state index contributed by atoms with van der Waals surface area (Å²) in [4.78, 5) is 24.4. The minimum atomic E-state index is -0.317. The molecule has 0 bridgehead atoms. The van der Waals surface area contributed by atoms with Gasteiger partial charge in [-0.05, 0) is 12.8 Å². The first-order chi connectivity index (χ1) is 7.26. The van der Waals surface area contributed by atoms with Gasteiger partial charge in [-0.25, -0.2) is 4.79 Å². The summed E-state index contributed by atoms with van der Waals surface area (Å²) in [6, 6.07) is 0. The van der Waals surface area contributed by atoms with Crippen LogP contribution < -0.4 is 0 Å². The van der Waals surface area contributed by atoms with Gasteiger partial charge in [-0.1, -0.05) is 25.8 Å². The molecule has 1 unspecified atom stereocenters. The van der Waals surface area contributed by atoms with Crippen LogP contribution in [-0.2, 0) is 14.3 Å². The second-order valence-corrected chi connectivity index (χ2v) is 3.21. The summed E-state index contributed by atoms with van der Waals surface area (Å²) in [5.74, 6) is -0.480. The van der Waals surface area contributed by atoms with E-state index in [1.807, 2.05) is 0 Å². The Morgan fingerprint density at radius 2 is 2.40 bits per heavy atom. The molecule has 0 radical (unpaired) electrons. The molecule has 15 heavy (non-hydrogen) atoms. The van der Waals surface area contributed by atoms with Gasteiger partial charge >= 0.3 is 5.97 Å². The van der Waals surface area contributed by atoms with Crippen LogP contribution in [0.5, 0.6) is 0 Å². The monoisotopic (exact) mass is 211 g/mol. The largest absolute Gasteiger partial charge is 0.441 e. The van der Waals surface area contributed by atoms with E-state index >= 15 is 0 Å². The Morgan fingerprint density at radius 3 is 2.93 bits per heavy atom. The fourth-order valence-corrected chi connectivity index (χ4v) is 1.22. The minimum Gasteiger partial charge on any atom is -0.441 e. The third kappa shape index (κ3) is 6.63. The van der Waals surface area contributed by atoms with Gasteiger partial charge in [0.15, 0.2) is 6.73 Å². The summed E-state index contributed by atoms with van der Waals surface area (Å²) in [5.41, 5.74) is 0. The molecule has 1 atom stereocenters. The Balaban J connectivity index is 4.02. The number of esters is 1. The Kier molecular flexibility index (Phi) is 8.30. The number of ether oxygens (including phenoxy) is 1. The fraction of sp³-hybridized carbons (Fsp3) is 0.636. The molecule has 0 N–H and O–H groups in total. The van der Waals surface area contributed by atoms with E-state index in [1.54, 1.807) is 6.08 Å². The van der Waals surface area contributed by atoms with Gasteiger partial charge in [0.25, 0.3) is 0 Å². The zero-order valence-corrected chi connectivity index (χ0v) is 9.07. The molecule has 0 aromatic heterocycles. The molecule has 0 fully saturated rings. The number of isocyanates is 1.